The molecule has 0 bridgehead atoms. The average molecular weight is 294 g/mol. The Bertz CT molecular complexity index is 665. The molecule has 22 heavy (non-hydrogen) atoms. The van der Waals surface area contributed by atoms with Crippen LogP contribution in [0.4, 0.5) is 4.79 Å². The quantitative estimate of drug-likeness (QED) is 0.869. The van der Waals surface area contributed by atoms with Gasteiger partial charge >= 0.3 is 6.09 Å². The fraction of sp³-hybridized carbons (Fsp3) is 0.222. The van der Waals surface area contributed by atoms with Crippen LogP contribution in [0.2, 0.25) is 0 Å². The van der Waals surface area contributed by atoms with Crippen LogP contribution in [0.5, 0.6) is 0 Å². The SMILES string of the molecule is COC(=O)N(CC[C]=O)C1c2ccccc2-c2ccccc21. The van der Waals surface area contributed by atoms with Crippen molar-refractivity contribution in [2.24, 2.45) is 0 Å². The number of hydrogen-bond donors (Lipinski definition) is 0. The van der Waals surface area contributed by atoms with Gasteiger partial charge in [0.25, 0.3) is 0 Å². The smallest absolute Gasteiger partial charge is 0.410 e. The molecule has 1 aliphatic carbocycles. The third-order valence-electron chi connectivity index (χ3n) is 3.98. The van der Waals surface area contributed by atoms with E-state index in [4.69, 9.17) is 4.74 Å². The molecule has 1 amide bonds. The summed E-state index contributed by atoms with van der Waals surface area (Å²) >= 11 is 0. The van der Waals surface area contributed by atoms with Crippen molar-refractivity contribution >= 4 is 12.4 Å². The first-order valence-corrected chi connectivity index (χ1v) is 7.15. The van der Waals surface area contributed by atoms with Gasteiger partial charge in [-0.3, -0.25) is 9.69 Å². The molecule has 1 aliphatic rings. The van der Waals surface area contributed by atoms with Crippen LogP contribution in [0.25, 0.3) is 11.1 Å². The Morgan fingerprint density at radius 1 is 1.09 bits per heavy atom. The highest BCUT2D eigenvalue weighted by atomic mass is 16.5. The normalized spacial score (nSPS) is 12.4. The maximum absolute atomic E-state index is 12.2. The van der Waals surface area contributed by atoms with Crippen molar-refractivity contribution in [3.05, 3.63) is 59.7 Å². The second-order valence-electron chi connectivity index (χ2n) is 5.13. The van der Waals surface area contributed by atoms with Crippen LogP contribution >= 0.6 is 0 Å². The number of carbonyl (C=O) groups is 1. The molecule has 4 nitrogen and oxygen atoms in total. The number of nitrogens with zero attached hydrogens (tertiary/aromatic N) is 1. The van der Waals surface area contributed by atoms with Crippen LogP contribution < -0.4 is 0 Å². The van der Waals surface area contributed by atoms with Gasteiger partial charge in [0, 0.05) is 13.0 Å². The summed E-state index contributed by atoms with van der Waals surface area (Å²) in [5, 5.41) is 0. The second kappa shape index (κ2) is 6.02. The average Bonchev–Trinajstić information content (AvgIpc) is 2.90. The number of hydrogen-bond acceptors (Lipinski definition) is 3. The molecule has 0 spiro atoms. The Morgan fingerprint density at radius 2 is 1.64 bits per heavy atom. The van der Waals surface area contributed by atoms with E-state index in [1.807, 2.05) is 42.7 Å². The highest BCUT2D eigenvalue weighted by Gasteiger charge is 2.35. The van der Waals surface area contributed by atoms with Crippen molar-refractivity contribution in [2.45, 2.75) is 12.5 Å². The van der Waals surface area contributed by atoms with Gasteiger partial charge in [-0.05, 0) is 22.3 Å². The molecule has 3 rings (SSSR count). The van der Waals surface area contributed by atoms with Gasteiger partial charge in [-0.2, -0.15) is 0 Å². The van der Waals surface area contributed by atoms with E-state index in [1.54, 1.807) is 4.90 Å². The van der Waals surface area contributed by atoms with Crippen LogP contribution in [-0.4, -0.2) is 30.9 Å². The third-order valence-corrected chi connectivity index (χ3v) is 3.98. The number of carbonyl (C=O) groups excluding carboxylic acids is 2. The first-order chi connectivity index (χ1) is 10.8. The zero-order valence-electron chi connectivity index (χ0n) is 12.3. The molecular formula is C18H16NO3. The van der Waals surface area contributed by atoms with Gasteiger partial charge < -0.3 is 4.74 Å². The maximum Gasteiger partial charge on any atom is 0.410 e. The summed E-state index contributed by atoms with van der Waals surface area (Å²) in [5.74, 6) is 0. The fourth-order valence-electron chi connectivity index (χ4n) is 3.07. The predicted octanol–water partition coefficient (Wildman–Crippen LogP) is 3.32. The minimum atomic E-state index is -0.438. The zero-order valence-corrected chi connectivity index (χ0v) is 12.3. The number of benzene rings is 2. The van der Waals surface area contributed by atoms with Crippen molar-refractivity contribution in [1.29, 1.82) is 0 Å². The summed E-state index contributed by atoms with van der Waals surface area (Å²) in [5.41, 5.74) is 4.35. The van der Waals surface area contributed by atoms with Crippen molar-refractivity contribution in [2.75, 3.05) is 13.7 Å². The van der Waals surface area contributed by atoms with E-state index in [9.17, 15) is 9.59 Å². The molecule has 111 valence electrons. The second-order valence-corrected chi connectivity index (χ2v) is 5.13. The maximum atomic E-state index is 12.2. The lowest BCUT2D eigenvalue weighted by molar-refractivity contribution is 0.114. The first-order valence-electron chi connectivity index (χ1n) is 7.15. The van der Waals surface area contributed by atoms with Crippen LogP contribution in [0.15, 0.2) is 48.5 Å². The molecule has 4 heteroatoms. The monoisotopic (exact) mass is 294 g/mol. The number of amides is 1. The van der Waals surface area contributed by atoms with E-state index in [2.05, 4.69) is 12.1 Å². The van der Waals surface area contributed by atoms with Crippen molar-refractivity contribution in [1.82, 2.24) is 4.90 Å². The van der Waals surface area contributed by atoms with E-state index in [0.717, 1.165) is 22.3 Å². The van der Waals surface area contributed by atoms with Gasteiger partial charge in [0.2, 0.25) is 0 Å². The molecule has 0 saturated carbocycles. The van der Waals surface area contributed by atoms with Crippen LogP contribution in [0.1, 0.15) is 23.6 Å². The van der Waals surface area contributed by atoms with E-state index in [-0.39, 0.29) is 19.0 Å². The Hall–Kier alpha value is -2.62. The van der Waals surface area contributed by atoms with Gasteiger partial charge in [-0.15, -0.1) is 0 Å². The van der Waals surface area contributed by atoms with Crippen molar-refractivity contribution in [3.8, 4) is 11.1 Å². The Labute approximate surface area is 129 Å². The lowest BCUT2D eigenvalue weighted by Gasteiger charge is -2.28. The minimum absolute atomic E-state index is 0.163. The highest BCUT2D eigenvalue weighted by molar-refractivity contribution is 5.81. The molecule has 0 heterocycles. The predicted molar refractivity (Wildman–Crippen MR) is 83.1 cm³/mol. The molecule has 2 aromatic rings. The van der Waals surface area contributed by atoms with E-state index in [0.29, 0.717) is 0 Å². The standard InChI is InChI=1S/C18H16NO3/c1-22-18(21)19(11-6-12-20)17-15-9-4-2-7-13(15)14-8-3-5-10-16(14)17/h2-5,7-10,17H,6,11H2,1H3. The van der Waals surface area contributed by atoms with Crippen molar-refractivity contribution < 1.29 is 14.3 Å². The van der Waals surface area contributed by atoms with Gasteiger partial charge in [-0.25, -0.2) is 4.79 Å². The van der Waals surface area contributed by atoms with Gasteiger partial charge in [0.1, 0.15) is 0 Å². The number of ether oxygens (including phenoxy) is 1. The Balaban J connectivity index is 2.11. The van der Waals surface area contributed by atoms with Crippen LogP contribution in [-0.2, 0) is 9.53 Å². The summed E-state index contributed by atoms with van der Waals surface area (Å²) in [6.07, 6.45) is 1.57. The summed E-state index contributed by atoms with van der Waals surface area (Å²) in [6.45, 7) is 0.281. The highest BCUT2D eigenvalue weighted by Crippen LogP contribution is 2.46. The molecule has 0 fully saturated rings. The molecule has 1 radical (unpaired) electrons. The number of fused-ring (bicyclic) bond motifs is 3. The van der Waals surface area contributed by atoms with Crippen LogP contribution in [0, 0.1) is 0 Å². The molecular weight excluding hydrogens is 278 g/mol. The van der Waals surface area contributed by atoms with E-state index >= 15 is 0 Å². The Kier molecular flexibility index (Phi) is 3.92. The Morgan fingerprint density at radius 3 is 2.14 bits per heavy atom. The molecule has 0 unspecified atom stereocenters. The van der Waals surface area contributed by atoms with Crippen molar-refractivity contribution in [3.63, 3.8) is 0 Å². The molecule has 0 N–H and O–H groups in total. The summed E-state index contributed by atoms with van der Waals surface area (Å²) in [6, 6.07) is 15.8. The zero-order chi connectivity index (χ0) is 15.5. The lowest BCUT2D eigenvalue weighted by atomic mass is 10.0. The third kappa shape index (κ3) is 2.26. The van der Waals surface area contributed by atoms with Gasteiger partial charge in [-0.1, -0.05) is 48.5 Å². The number of methoxy groups -OCH3 is 1. The molecule has 0 aromatic heterocycles. The van der Waals surface area contributed by atoms with Gasteiger partial charge in [0.15, 0.2) is 6.29 Å². The first kappa shape index (κ1) is 14.3. The fourth-order valence-corrected chi connectivity index (χ4v) is 3.07. The summed E-state index contributed by atoms with van der Waals surface area (Å²) in [7, 11) is 1.35. The topological polar surface area (TPSA) is 46.6 Å². The largest absolute Gasteiger partial charge is 0.453 e. The summed E-state index contributed by atoms with van der Waals surface area (Å²) in [4.78, 5) is 24.4. The number of rotatable bonds is 4. The van der Waals surface area contributed by atoms with Crippen LogP contribution in [0.3, 0.4) is 0 Å². The minimum Gasteiger partial charge on any atom is -0.453 e. The van der Waals surface area contributed by atoms with E-state index < -0.39 is 6.09 Å². The molecule has 0 aliphatic heterocycles. The summed E-state index contributed by atoms with van der Waals surface area (Å²) < 4.78 is 4.91. The molecule has 0 atom stereocenters. The molecule has 0 saturated heterocycles. The van der Waals surface area contributed by atoms with Gasteiger partial charge in [0.05, 0.1) is 13.2 Å². The lowest BCUT2D eigenvalue weighted by Crippen LogP contribution is -2.35. The van der Waals surface area contributed by atoms with E-state index in [1.165, 1.54) is 7.11 Å². The molecule has 2 aromatic carbocycles.